The smallest absolute Gasteiger partial charge is 0.358 e. The van der Waals surface area contributed by atoms with E-state index in [2.05, 4.69) is 10.4 Å². The number of alkyl halides is 2. The topological polar surface area (TPSA) is 67.1 Å². The lowest BCUT2D eigenvalue weighted by molar-refractivity contribution is 0.0687. The second-order valence-electron chi connectivity index (χ2n) is 3.87. The average Bonchev–Trinajstić information content (AvgIpc) is 2.92. The van der Waals surface area contributed by atoms with Crippen LogP contribution < -0.4 is 5.32 Å². The van der Waals surface area contributed by atoms with E-state index in [1.54, 1.807) is 6.07 Å². The van der Waals surface area contributed by atoms with Crippen molar-refractivity contribution in [1.29, 1.82) is 0 Å². The maximum atomic E-state index is 12.8. The Morgan fingerprint density at radius 2 is 2.19 bits per heavy atom. The predicted octanol–water partition coefficient (Wildman–Crippen LogP) is 3.08. The summed E-state index contributed by atoms with van der Waals surface area (Å²) in [5.41, 5.74) is -0.227. The van der Waals surface area contributed by atoms with Gasteiger partial charge in [-0.25, -0.2) is 13.6 Å². The molecule has 0 radical (unpaired) electrons. The third kappa shape index (κ3) is 4.64. The van der Waals surface area contributed by atoms with Gasteiger partial charge in [-0.15, -0.1) is 23.7 Å². The number of aromatic nitrogens is 2. The van der Waals surface area contributed by atoms with Gasteiger partial charge in [0.1, 0.15) is 6.54 Å². The second-order valence-corrected chi connectivity index (χ2v) is 4.99. The first kappa shape index (κ1) is 17.3. The number of carboxylic acid groups (broad SMARTS) is 1. The zero-order valence-electron chi connectivity index (χ0n) is 10.4. The molecule has 21 heavy (non-hydrogen) atoms. The van der Waals surface area contributed by atoms with Gasteiger partial charge in [-0.2, -0.15) is 9.49 Å². The zero-order valence-corrected chi connectivity index (χ0v) is 12.1. The third-order valence-corrected chi connectivity index (χ3v) is 3.24. The van der Waals surface area contributed by atoms with Crippen LogP contribution in [0.3, 0.4) is 0 Å². The fraction of sp³-hybridized carbons (Fsp3) is 0.273. The van der Waals surface area contributed by atoms with Gasteiger partial charge in [-0.1, -0.05) is 0 Å². The van der Waals surface area contributed by atoms with Gasteiger partial charge in [0.15, 0.2) is 10.8 Å². The molecule has 0 unspecified atom stereocenters. The Kier molecular flexibility index (Phi) is 6.03. The summed E-state index contributed by atoms with van der Waals surface area (Å²) in [5.74, 6) is -1.32. The third-order valence-electron chi connectivity index (χ3n) is 2.37. The summed E-state index contributed by atoms with van der Waals surface area (Å²) < 4.78 is 38.2. The molecular formula is C11H11ClF3N3O2S. The fourth-order valence-corrected chi connectivity index (χ4v) is 2.24. The molecule has 0 saturated heterocycles. The van der Waals surface area contributed by atoms with Crippen LogP contribution in [0.4, 0.5) is 18.9 Å². The highest BCUT2D eigenvalue weighted by atomic mass is 35.5. The Morgan fingerprint density at radius 3 is 2.71 bits per heavy atom. The molecule has 0 atom stereocenters. The van der Waals surface area contributed by atoms with E-state index in [1.165, 1.54) is 12.3 Å². The molecule has 2 heterocycles. The number of anilines is 1. The quantitative estimate of drug-likeness (QED) is 0.847. The fourth-order valence-electron chi connectivity index (χ4n) is 1.57. The summed E-state index contributed by atoms with van der Waals surface area (Å²) in [7, 11) is 0. The first-order valence-electron chi connectivity index (χ1n) is 5.52. The minimum atomic E-state index is -2.63. The molecule has 10 heteroatoms. The Hall–Kier alpha value is -1.74. The van der Waals surface area contributed by atoms with Crippen LogP contribution in [0.5, 0.6) is 0 Å². The molecule has 0 fully saturated rings. The first-order valence-corrected chi connectivity index (χ1v) is 6.34. The summed E-state index contributed by atoms with van der Waals surface area (Å²) >= 11 is 0.915. The van der Waals surface area contributed by atoms with Crippen LogP contribution >= 0.6 is 23.7 Å². The lowest BCUT2D eigenvalue weighted by atomic mass is 10.3. The molecule has 0 bridgehead atoms. The number of thiophene rings is 1. The minimum absolute atomic E-state index is 0. The van der Waals surface area contributed by atoms with Crippen molar-refractivity contribution in [3.63, 3.8) is 0 Å². The molecule has 0 aliphatic rings. The van der Waals surface area contributed by atoms with Crippen molar-refractivity contribution in [2.75, 3.05) is 5.32 Å². The SMILES string of the molecule is Cl.O=C(O)c1nn(CC(F)F)cc1NCc1ccc(F)s1. The van der Waals surface area contributed by atoms with E-state index in [0.29, 0.717) is 4.88 Å². The number of carboxylic acids is 1. The normalized spacial score (nSPS) is 10.5. The summed E-state index contributed by atoms with van der Waals surface area (Å²) in [6.45, 7) is -0.495. The number of aromatic carboxylic acids is 1. The van der Waals surface area contributed by atoms with E-state index in [0.717, 1.165) is 16.0 Å². The standard InChI is InChI=1S/C11H10F3N3O2S.ClH/c12-8(13)5-17-4-7(10(16-17)11(18)19)15-3-6-1-2-9(14)20-6;/h1-2,4,8,15H,3,5H2,(H,18,19);1H. The molecule has 5 nitrogen and oxygen atoms in total. The predicted molar refractivity (Wildman–Crippen MR) is 74.0 cm³/mol. The van der Waals surface area contributed by atoms with Gasteiger partial charge in [0.25, 0.3) is 6.43 Å². The van der Waals surface area contributed by atoms with E-state index >= 15 is 0 Å². The number of halogens is 4. The molecule has 2 N–H and O–H groups in total. The highest BCUT2D eigenvalue weighted by Gasteiger charge is 2.17. The zero-order chi connectivity index (χ0) is 14.7. The number of hydrogen-bond donors (Lipinski definition) is 2. The molecule has 0 saturated carbocycles. The maximum absolute atomic E-state index is 12.8. The van der Waals surface area contributed by atoms with Crippen LogP contribution in [0.25, 0.3) is 0 Å². The Balaban J connectivity index is 0.00000220. The summed E-state index contributed by atoms with van der Waals surface area (Å²) in [4.78, 5) is 11.6. The molecule has 116 valence electrons. The van der Waals surface area contributed by atoms with Crippen LogP contribution in [0.15, 0.2) is 18.3 Å². The molecular weight excluding hydrogens is 331 g/mol. The molecule has 0 amide bonds. The summed E-state index contributed by atoms with van der Waals surface area (Å²) in [6, 6.07) is 2.84. The van der Waals surface area contributed by atoms with Crippen molar-refractivity contribution in [3.8, 4) is 0 Å². The molecule has 0 aromatic carbocycles. The summed E-state index contributed by atoms with van der Waals surface area (Å²) in [5, 5.41) is 14.9. The van der Waals surface area contributed by atoms with Crippen LogP contribution in [-0.4, -0.2) is 27.3 Å². The van der Waals surface area contributed by atoms with E-state index in [1.807, 2.05) is 0 Å². The highest BCUT2D eigenvalue weighted by Crippen LogP contribution is 2.19. The lowest BCUT2D eigenvalue weighted by Crippen LogP contribution is -2.08. The molecule has 2 aromatic rings. The monoisotopic (exact) mass is 341 g/mol. The number of hydrogen-bond acceptors (Lipinski definition) is 4. The summed E-state index contributed by atoms with van der Waals surface area (Å²) in [6.07, 6.45) is -1.43. The Bertz CT molecular complexity index is 618. The Morgan fingerprint density at radius 1 is 1.48 bits per heavy atom. The van der Waals surface area contributed by atoms with Crippen molar-refractivity contribution in [1.82, 2.24) is 9.78 Å². The molecule has 0 aliphatic carbocycles. The van der Waals surface area contributed by atoms with Gasteiger partial charge < -0.3 is 10.4 Å². The number of nitrogens with one attached hydrogen (secondary N) is 1. The second kappa shape index (κ2) is 7.32. The largest absolute Gasteiger partial charge is 0.476 e. The van der Waals surface area contributed by atoms with Crippen LogP contribution in [0, 0.1) is 5.13 Å². The van der Waals surface area contributed by atoms with Crippen molar-refractivity contribution in [3.05, 3.63) is 34.0 Å². The van der Waals surface area contributed by atoms with E-state index < -0.39 is 18.9 Å². The van der Waals surface area contributed by atoms with E-state index in [4.69, 9.17) is 5.11 Å². The van der Waals surface area contributed by atoms with E-state index in [-0.39, 0.29) is 35.5 Å². The van der Waals surface area contributed by atoms with Gasteiger partial charge in [0, 0.05) is 17.6 Å². The lowest BCUT2D eigenvalue weighted by Gasteiger charge is -2.02. The Labute approximate surface area is 127 Å². The van der Waals surface area contributed by atoms with Crippen LogP contribution in [0.2, 0.25) is 0 Å². The maximum Gasteiger partial charge on any atom is 0.358 e. The highest BCUT2D eigenvalue weighted by molar-refractivity contribution is 7.10. The number of carbonyl (C=O) groups is 1. The first-order chi connectivity index (χ1) is 9.45. The number of nitrogens with zero attached hydrogens (tertiary/aromatic N) is 2. The average molecular weight is 342 g/mol. The van der Waals surface area contributed by atoms with Crippen molar-refractivity contribution < 1.29 is 23.1 Å². The van der Waals surface area contributed by atoms with Crippen LogP contribution in [0.1, 0.15) is 15.4 Å². The van der Waals surface area contributed by atoms with Crippen molar-refractivity contribution in [2.24, 2.45) is 0 Å². The van der Waals surface area contributed by atoms with Crippen molar-refractivity contribution in [2.45, 2.75) is 19.5 Å². The van der Waals surface area contributed by atoms with E-state index in [9.17, 15) is 18.0 Å². The van der Waals surface area contributed by atoms with Crippen molar-refractivity contribution >= 4 is 35.4 Å². The van der Waals surface area contributed by atoms with Gasteiger partial charge in [-0.3, -0.25) is 4.68 Å². The van der Waals surface area contributed by atoms with Gasteiger partial charge in [0.2, 0.25) is 0 Å². The molecule has 0 aliphatic heterocycles. The molecule has 2 aromatic heterocycles. The van der Waals surface area contributed by atoms with Gasteiger partial charge in [-0.05, 0) is 12.1 Å². The molecule has 0 spiro atoms. The van der Waals surface area contributed by atoms with Gasteiger partial charge in [0.05, 0.1) is 5.69 Å². The minimum Gasteiger partial charge on any atom is -0.476 e. The molecule has 2 rings (SSSR count). The van der Waals surface area contributed by atoms with Gasteiger partial charge >= 0.3 is 5.97 Å². The van der Waals surface area contributed by atoms with Crippen LogP contribution in [-0.2, 0) is 13.1 Å². The number of rotatable bonds is 6.